The molecule has 0 saturated carbocycles. The molecule has 0 spiro atoms. The molecular formula is C67H121N2O7P. The van der Waals surface area contributed by atoms with E-state index in [1.165, 1.54) is 122 Å². The number of nitrogens with zero attached hydrogens (tertiary/aromatic N) is 1. The molecule has 0 aliphatic heterocycles. The van der Waals surface area contributed by atoms with Crippen LogP contribution in [0.4, 0.5) is 0 Å². The maximum absolute atomic E-state index is 13.5. The number of likely N-dealkylation sites (N-methyl/N-ethyl adjacent to an activating group) is 1. The normalized spacial score (nSPS) is 14.2. The Morgan fingerprint density at radius 2 is 0.831 bits per heavy atom. The van der Waals surface area contributed by atoms with Crippen LogP contribution in [0, 0.1) is 0 Å². The third-order valence-electron chi connectivity index (χ3n) is 13.8. The van der Waals surface area contributed by atoms with Crippen LogP contribution in [0.3, 0.4) is 0 Å². The second-order valence-electron chi connectivity index (χ2n) is 22.6. The van der Waals surface area contributed by atoms with E-state index in [0.717, 1.165) is 116 Å². The smallest absolute Gasteiger partial charge is 0.306 e. The van der Waals surface area contributed by atoms with E-state index < -0.39 is 26.6 Å². The van der Waals surface area contributed by atoms with Crippen molar-refractivity contribution in [3.8, 4) is 0 Å². The highest BCUT2D eigenvalue weighted by molar-refractivity contribution is 7.45. The van der Waals surface area contributed by atoms with Crippen molar-refractivity contribution >= 4 is 19.7 Å². The lowest BCUT2D eigenvalue weighted by atomic mass is 10.0. The van der Waals surface area contributed by atoms with E-state index >= 15 is 0 Å². The van der Waals surface area contributed by atoms with Gasteiger partial charge in [-0.1, -0.05) is 247 Å². The Balaban J connectivity index is 5.27. The molecule has 0 fully saturated rings. The number of amides is 1. The molecule has 1 N–H and O–H groups in total. The summed E-state index contributed by atoms with van der Waals surface area (Å²) >= 11 is 0. The van der Waals surface area contributed by atoms with Crippen molar-refractivity contribution in [2.75, 3.05) is 40.9 Å². The average molecular weight is 1100 g/mol. The van der Waals surface area contributed by atoms with Crippen molar-refractivity contribution in [2.45, 2.75) is 290 Å². The standard InChI is InChI=1S/C67H121N2O7P/c1-7-10-13-16-19-22-25-28-30-31-32-33-34-35-36-37-39-42-45-48-51-54-57-60-67(71)76-65(58-55-52-49-46-43-40-27-24-21-18-15-12-9-3)64(63-75-77(72,73)74-62-61-69(4,5)6)68-66(70)59-56-53-50-47-44-41-38-29-26-23-20-17-14-11-8-2/h19-20,22-23,26,28-30,32-33,35-36,55,58,64-65H,7-18,21,24-25,27,31,34,37-54,56-57,59-63H2,1-6H3,(H-,68,70,72,73)/b22-19-,23-20+,29-26+,30-28-,33-32-,36-35-,58-55-. The van der Waals surface area contributed by atoms with Crippen molar-refractivity contribution in [2.24, 2.45) is 0 Å². The van der Waals surface area contributed by atoms with E-state index in [-0.39, 0.29) is 24.9 Å². The number of phosphoric acid groups is 1. The molecule has 0 aromatic carbocycles. The first kappa shape index (κ1) is 74.2. The van der Waals surface area contributed by atoms with Crippen molar-refractivity contribution in [1.82, 2.24) is 5.32 Å². The number of quaternary nitrogens is 1. The van der Waals surface area contributed by atoms with E-state index in [2.05, 4.69) is 99.0 Å². The van der Waals surface area contributed by atoms with Crippen LogP contribution in [0.1, 0.15) is 278 Å². The van der Waals surface area contributed by atoms with Gasteiger partial charge in [0.2, 0.25) is 5.91 Å². The third kappa shape index (κ3) is 57.7. The lowest BCUT2D eigenvalue weighted by molar-refractivity contribution is -0.870. The van der Waals surface area contributed by atoms with E-state index in [0.29, 0.717) is 23.9 Å². The second-order valence-corrected chi connectivity index (χ2v) is 24.0. The quantitative estimate of drug-likeness (QED) is 0.0161. The Hall–Kier alpha value is -2.81. The van der Waals surface area contributed by atoms with Gasteiger partial charge in [-0.3, -0.25) is 14.2 Å². The summed E-state index contributed by atoms with van der Waals surface area (Å²) in [6.45, 7) is 6.77. The minimum atomic E-state index is -4.71. The summed E-state index contributed by atoms with van der Waals surface area (Å²) in [6, 6.07) is -0.903. The number of hydrogen-bond acceptors (Lipinski definition) is 7. The SMILES string of the molecule is CCCCC/C=C\C/C=C\C/C=C\C/C=C\CCCCCCCCCC(=O)OC(/C=C\CCCCCCCCCCCCC)C(COP(=O)([O-])OCC[N+](C)(C)C)NC(=O)CCCCCCCC/C=C/C=C/CCCCC. The molecule has 0 aromatic heterocycles. The molecule has 1 amide bonds. The lowest BCUT2D eigenvalue weighted by Gasteiger charge is -2.30. The number of ether oxygens (including phenoxy) is 1. The van der Waals surface area contributed by atoms with Crippen molar-refractivity contribution in [3.05, 3.63) is 85.1 Å². The molecule has 0 aliphatic rings. The van der Waals surface area contributed by atoms with E-state index in [1.54, 1.807) is 0 Å². The predicted molar refractivity (Wildman–Crippen MR) is 330 cm³/mol. The van der Waals surface area contributed by atoms with Crippen LogP contribution in [0.15, 0.2) is 85.1 Å². The molecule has 0 rings (SSSR count). The molecule has 9 nitrogen and oxygen atoms in total. The van der Waals surface area contributed by atoms with Crippen LogP contribution in [0.25, 0.3) is 0 Å². The largest absolute Gasteiger partial charge is 0.756 e. The van der Waals surface area contributed by atoms with Gasteiger partial charge in [0.25, 0.3) is 7.82 Å². The Labute approximate surface area is 476 Å². The minimum absolute atomic E-state index is 0.0298. The average Bonchev–Trinajstić information content (AvgIpc) is 3.39. The second kappa shape index (κ2) is 56.5. The number of unbranched alkanes of at least 4 members (excludes halogenated alkanes) is 30. The molecule has 0 aromatic rings. The number of esters is 1. The third-order valence-corrected chi connectivity index (χ3v) is 14.8. The van der Waals surface area contributed by atoms with E-state index in [9.17, 15) is 19.0 Å². The molecule has 0 radical (unpaired) electrons. The van der Waals surface area contributed by atoms with Gasteiger partial charge >= 0.3 is 5.97 Å². The number of nitrogens with one attached hydrogen (secondary N) is 1. The molecule has 0 aliphatic carbocycles. The summed E-state index contributed by atoms with van der Waals surface area (Å²) in [5.74, 6) is -0.566. The molecule has 446 valence electrons. The Morgan fingerprint density at radius 1 is 0.468 bits per heavy atom. The van der Waals surface area contributed by atoms with Crippen molar-refractivity contribution in [1.29, 1.82) is 0 Å². The number of allylic oxidation sites excluding steroid dienone is 13. The number of rotatable bonds is 57. The molecular weight excluding hydrogens is 976 g/mol. The van der Waals surface area contributed by atoms with Gasteiger partial charge in [-0.25, -0.2) is 0 Å². The van der Waals surface area contributed by atoms with Gasteiger partial charge in [0, 0.05) is 12.8 Å². The minimum Gasteiger partial charge on any atom is -0.756 e. The summed E-state index contributed by atoms with van der Waals surface area (Å²) in [5, 5.41) is 3.02. The zero-order valence-corrected chi connectivity index (χ0v) is 51.8. The van der Waals surface area contributed by atoms with Gasteiger partial charge in [-0.15, -0.1) is 0 Å². The van der Waals surface area contributed by atoms with Gasteiger partial charge in [-0.05, 0) is 102 Å². The summed E-state index contributed by atoms with van der Waals surface area (Å²) in [5.41, 5.74) is 0. The first-order valence-corrected chi connectivity index (χ1v) is 33.4. The van der Waals surface area contributed by atoms with Crippen molar-refractivity contribution < 1.29 is 37.3 Å². The van der Waals surface area contributed by atoms with Gasteiger partial charge in [-0.2, -0.15) is 0 Å². The van der Waals surface area contributed by atoms with Crippen LogP contribution in [-0.4, -0.2) is 69.4 Å². The molecule has 3 atom stereocenters. The summed E-state index contributed by atoms with van der Waals surface area (Å²) in [4.78, 5) is 40.0. The molecule has 0 heterocycles. The van der Waals surface area contributed by atoms with E-state index in [4.69, 9.17) is 13.8 Å². The zero-order valence-electron chi connectivity index (χ0n) is 50.9. The molecule has 0 bridgehead atoms. The fourth-order valence-electron chi connectivity index (χ4n) is 8.85. The van der Waals surface area contributed by atoms with Gasteiger partial charge in [0.05, 0.1) is 33.8 Å². The van der Waals surface area contributed by atoms with Crippen LogP contribution in [0.5, 0.6) is 0 Å². The molecule has 77 heavy (non-hydrogen) atoms. The monoisotopic (exact) mass is 1100 g/mol. The summed E-state index contributed by atoms with van der Waals surface area (Å²) < 4.78 is 30.3. The molecule has 0 saturated heterocycles. The summed E-state index contributed by atoms with van der Waals surface area (Å²) in [7, 11) is 1.16. The molecule has 10 heteroatoms. The predicted octanol–water partition coefficient (Wildman–Crippen LogP) is 19.1. The van der Waals surface area contributed by atoms with Gasteiger partial charge in [0.1, 0.15) is 19.3 Å². The van der Waals surface area contributed by atoms with Crippen LogP contribution < -0.4 is 10.2 Å². The Morgan fingerprint density at radius 3 is 1.29 bits per heavy atom. The fraction of sp³-hybridized carbons (Fsp3) is 0.761. The number of phosphoric ester groups is 1. The topological polar surface area (TPSA) is 114 Å². The van der Waals surface area contributed by atoms with Crippen LogP contribution >= 0.6 is 7.82 Å². The zero-order chi connectivity index (χ0) is 56.4. The highest BCUT2D eigenvalue weighted by Crippen LogP contribution is 2.38. The summed E-state index contributed by atoms with van der Waals surface area (Å²) in [6.07, 6.45) is 74.0. The van der Waals surface area contributed by atoms with Crippen LogP contribution in [0.2, 0.25) is 0 Å². The first-order chi connectivity index (χ1) is 37.4. The fourth-order valence-corrected chi connectivity index (χ4v) is 9.57. The number of carbonyl (C=O) groups is 2. The van der Waals surface area contributed by atoms with Gasteiger partial charge < -0.3 is 28.5 Å². The van der Waals surface area contributed by atoms with Gasteiger partial charge in [0.15, 0.2) is 0 Å². The highest BCUT2D eigenvalue weighted by atomic mass is 31.2. The first-order valence-electron chi connectivity index (χ1n) is 31.9. The maximum atomic E-state index is 13.5. The van der Waals surface area contributed by atoms with Crippen molar-refractivity contribution in [3.63, 3.8) is 0 Å². The number of hydrogen-bond donors (Lipinski definition) is 1. The molecule has 3 unspecified atom stereocenters. The van der Waals surface area contributed by atoms with E-state index in [1.807, 2.05) is 33.3 Å². The lowest BCUT2D eigenvalue weighted by Crippen LogP contribution is -2.47. The maximum Gasteiger partial charge on any atom is 0.306 e. The Bertz CT molecular complexity index is 1590. The Kier molecular flexibility index (Phi) is 54.4. The highest BCUT2D eigenvalue weighted by Gasteiger charge is 2.27. The van der Waals surface area contributed by atoms with Crippen LogP contribution in [-0.2, 0) is 27.9 Å². The number of carbonyl (C=O) groups excluding carboxylic acids is 2.